The molecule has 0 spiro atoms. The lowest BCUT2D eigenvalue weighted by atomic mass is 10.1. The molecule has 1 aromatic carbocycles. The highest BCUT2D eigenvalue weighted by Gasteiger charge is 2.35. The molecule has 2 saturated heterocycles. The summed E-state index contributed by atoms with van der Waals surface area (Å²) in [6, 6.07) is 5.66. The van der Waals surface area contributed by atoms with Gasteiger partial charge < -0.3 is 15.5 Å². The molecule has 2 aliphatic heterocycles. The molecule has 2 N–H and O–H groups in total. The summed E-state index contributed by atoms with van der Waals surface area (Å²) in [6.45, 7) is 3.99. The first-order valence-corrected chi connectivity index (χ1v) is 9.55. The number of carbonyl (C=O) groups is 2. The van der Waals surface area contributed by atoms with Crippen LogP contribution in [0.3, 0.4) is 0 Å². The van der Waals surface area contributed by atoms with Gasteiger partial charge in [0.1, 0.15) is 11.9 Å². The van der Waals surface area contributed by atoms with Gasteiger partial charge in [-0.05, 0) is 51.4 Å². The van der Waals surface area contributed by atoms with Crippen molar-refractivity contribution in [2.24, 2.45) is 0 Å². The van der Waals surface area contributed by atoms with Crippen molar-refractivity contribution in [3.63, 3.8) is 0 Å². The van der Waals surface area contributed by atoms with E-state index >= 15 is 0 Å². The Kier molecular flexibility index (Phi) is 6.49. The van der Waals surface area contributed by atoms with Crippen LogP contribution in [0.25, 0.3) is 0 Å². The molecule has 1 aromatic heterocycles. The molecule has 0 saturated carbocycles. The Morgan fingerprint density at radius 3 is 2.69 bits per heavy atom. The molecule has 2 aromatic rings. The summed E-state index contributed by atoms with van der Waals surface area (Å²) in [6.07, 6.45) is 2.29. The predicted octanol–water partition coefficient (Wildman–Crippen LogP) is 1.61. The summed E-state index contributed by atoms with van der Waals surface area (Å²) >= 11 is 0. The predicted molar refractivity (Wildman–Crippen MR) is 108 cm³/mol. The molecule has 0 radical (unpaired) electrons. The van der Waals surface area contributed by atoms with E-state index in [0.717, 1.165) is 25.9 Å². The molecule has 3 heterocycles. The number of rotatable bonds is 4. The number of amides is 2. The number of nitrogens with one attached hydrogen (secondary N) is 2. The average Bonchev–Trinajstić information content (AvgIpc) is 3.26. The third-order valence-corrected chi connectivity index (χ3v) is 5.45. The highest BCUT2D eigenvalue weighted by molar-refractivity contribution is 6.03. The molecule has 2 amide bonds. The number of hydrogen-bond acceptors (Lipinski definition) is 5. The maximum Gasteiger partial charge on any atom is 0.274 e. The summed E-state index contributed by atoms with van der Waals surface area (Å²) in [4.78, 5) is 26.7. The van der Waals surface area contributed by atoms with E-state index in [0.29, 0.717) is 18.7 Å². The second-order valence-electron chi connectivity index (χ2n) is 7.21. The van der Waals surface area contributed by atoms with Crippen LogP contribution in [-0.2, 0) is 4.79 Å². The van der Waals surface area contributed by atoms with Gasteiger partial charge in [0, 0.05) is 6.54 Å². The van der Waals surface area contributed by atoms with Crippen LogP contribution < -0.4 is 15.5 Å². The minimum atomic E-state index is -0.699. The zero-order valence-corrected chi connectivity index (χ0v) is 16.9. The summed E-state index contributed by atoms with van der Waals surface area (Å²) in [5.41, 5.74) is 1.16. The quantitative estimate of drug-likeness (QED) is 0.781. The minimum Gasteiger partial charge on any atom is -0.339 e. The first-order valence-electron chi connectivity index (χ1n) is 9.55. The van der Waals surface area contributed by atoms with E-state index in [2.05, 4.69) is 20.9 Å². The van der Waals surface area contributed by atoms with E-state index < -0.39 is 17.8 Å². The van der Waals surface area contributed by atoms with Crippen molar-refractivity contribution in [3.05, 3.63) is 41.5 Å². The number of para-hydroxylation sites is 1. The van der Waals surface area contributed by atoms with Gasteiger partial charge in [0.2, 0.25) is 5.91 Å². The van der Waals surface area contributed by atoms with Crippen LogP contribution >= 0.6 is 12.4 Å². The number of carbonyl (C=O) groups excluding carboxylic acids is 2. The Morgan fingerprint density at radius 2 is 1.97 bits per heavy atom. The van der Waals surface area contributed by atoms with Crippen molar-refractivity contribution < 1.29 is 14.0 Å². The first kappa shape index (κ1) is 21.2. The van der Waals surface area contributed by atoms with Crippen LogP contribution in [0.1, 0.15) is 41.5 Å². The summed E-state index contributed by atoms with van der Waals surface area (Å²) < 4.78 is 15.8. The van der Waals surface area contributed by atoms with E-state index in [1.165, 1.54) is 11.0 Å². The van der Waals surface area contributed by atoms with E-state index in [4.69, 9.17) is 0 Å². The van der Waals surface area contributed by atoms with Gasteiger partial charge in [-0.2, -0.15) is 0 Å². The van der Waals surface area contributed by atoms with Crippen LogP contribution in [0, 0.1) is 12.7 Å². The number of hydrogen-bond donors (Lipinski definition) is 2. The minimum absolute atomic E-state index is 0. The Labute approximate surface area is 174 Å². The van der Waals surface area contributed by atoms with Gasteiger partial charge in [0.25, 0.3) is 5.91 Å². The monoisotopic (exact) mass is 422 g/mol. The maximum absolute atomic E-state index is 14.0. The lowest BCUT2D eigenvalue weighted by Gasteiger charge is -2.23. The van der Waals surface area contributed by atoms with Crippen LogP contribution in [0.2, 0.25) is 0 Å². The molecule has 1 unspecified atom stereocenters. The number of nitrogens with zero attached hydrogens (tertiary/aromatic N) is 4. The van der Waals surface area contributed by atoms with Crippen molar-refractivity contribution in [1.29, 1.82) is 0 Å². The normalized spacial score (nSPS) is 19.9. The second kappa shape index (κ2) is 8.87. The van der Waals surface area contributed by atoms with Crippen molar-refractivity contribution >= 4 is 29.9 Å². The van der Waals surface area contributed by atoms with Gasteiger partial charge in [-0.25, -0.2) is 9.07 Å². The number of piperidine rings is 1. The molecule has 0 bridgehead atoms. The second-order valence-corrected chi connectivity index (χ2v) is 7.21. The van der Waals surface area contributed by atoms with Crippen LogP contribution in [0.15, 0.2) is 24.3 Å². The average molecular weight is 423 g/mol. The number of benzene rings is 1. The third kappa shape index (κ3) is 4.11. The van der Waals surface area contributed by atoms with Gasteiger partial charge in [0.15, 0.2) is 5.69 Å². The van der Waals surface area contributed by atoms with Crippen molar-refractivity contribution in [2.45, 2.75) is 38.3 Å². The lowest BCUT2D eigenvalue weighted by Crippen LogP contribution is -2.42. The molecular weight excluding hydrogens is 399 g/mol. The number of anilines is 1. The molecule has 2 aliphatic rings. The first-order chi connectivity index (χ1) is 13.6. The molecule has 4 rings (SSSR count). The Balaban J connectivity index is 0.00000240. The fraction of sp³-hybridized carbons (Fsp3) is 0.474. The molecule has 2 fully saturated rings. The summed E-state index contributed by atoms with van der Waals surface area (Å²) in [5, 5.41) is 14.2. The standard InChI is InChI=1S/C19H23FN6O2.ClH/c1-12-17(23-24-26(12)13-6-9-21-10-7-13)18(27)22-15-8-11-25(19(15)28)16-5-3-2-4-14(16)20;/h2-5,13,15,21H,6-11H2,1H3,(H,22,27);1H. The molecular formula is C19H24ClFN6O2. The summed E-state index contributed by atoms with van der Waals surface area (Å²) in [5.74, 6) is -1.20. The lowest BCUT2D eigenvalue weighted by molar-refractivity contribution is -0.118. The van der Waals surface area contributed by atoms with Crippen molar-refractivity contribution in [1.82, 2.24) is 25.6 Å². The Bertz CT molecular complexity index is 899. The zero-order valence-electron chi connectivity index (χ0n) is 16.1. The largest absolute Gasteiger partial charge is 0.339 e. The van der Waals surface area contributed by atoms with E-state index in [-0.39, 0.29) is 35.7 Å². The van der Waals surface area contributed by atoms with Crippen molar-refractivity contribution in [3.8, 4) is 0 Å². The Hall–Kier alpha value is -2.52. The van der Waals surface area contributed by atoms with E-state index in [9.17, 15) is 14.0 Å². The molecule has 1 atom stereocenters. The number of aromatic nitrogens is 3. The zero-order chi connectivity index (χ0) is 19.7. The highest BCUT2D eigenvalue weighted by atomic mass is 35.5. The molecule has 10 heteroatoms. The van der Waals surface area contributed by atoms with Crippen LogP contribution in [0.4, 0.5) is 10.1 Å². The van der Waals surface area contributed by atoms with Gasteiger partial charge in [0.05, 0.1) is 17.4 Å². The van der Waals surface area contributed by atoms with E-state index in [1.54, 1.807) is 22.9 Å². The van der Waals surface area contributed by atoms with Crippen molar-refractivity contribution in [2.75, 3.05) is 24.5 Å². The molecule has 29 heavy (non-hydrogen) atoms. The van der Waals surface area contributed by atoms with Gasteiger partial charge >= 0.3 is 0 Å². The molecule has 156 valence electrons. The number of halogens is 2. The van der Waals surface area contributed by atoms with Gasteiger partial charge in [-0.3, -0.25) is 9.59 Å². The fourth-order valence-electron chi connectivity index (χ4n) is 3.90. The molecule has 8 nitrogen and oxygen atoms in total. The van der Waals surface area contributed by atoms with E-state index in [1.807, 2.05) is 6.92 Å². The van der Waals surface area contributed by atoms with Crippen LogP contribution in [-0.4, -0.2) is 52.5 Å². The SMILES string of the molecule is Cc1c(C(=O)NC2CCN(c3ccccc3F)C2=O)nnn1C1CCNCC1.Cl. The summed E-state index contributed by atoms with van der Waals surface area (Å²) in [7, 11) is 0. The fourth-order valence-corrected chi connectivity index (χ4v) is 3.90. The smallest absolute Gasteiger partial charge is 0.274 e. The Morgan fingerprint density at radius 1 is 1.24 bits per heavy atom. The topological polar surface area (TPSA) is 92.2 Å². The third-order valence-electron chi connectivity index (χ3n) is 5.45. The maximum atomic E-state index is 14.0. The van der Waals surface area contributed by atoms with Crippen LogP contribution in [0.5, 0.6) is 0 Å². The van der Waals surface area contributed by atoms with Gasteiger partial charge in [-0.1, -0.05) is 17.3 Å². The molecule has 0 aliphatic carbocycles. The highest BCUT2D eigenvalue weighted by Crippen LogP contribution is 2.25. The van der Waals surface area contributed by atoms with Gasteiger partial charge in [-0.15, -0.1) is 17.5 Å².